The van der Waals surface area contributed by atoms with Crippen molar-refractivity contribution in [2.75, 3.05) is 7.11 Å². The molecule has 0 spiro atoms. The number of hydrogen-bond acceptors (Lipinski definition) is 5. The topological polar surface area (TPSA) is 80.9 Å². The van der Waals surface area contributed by atoms with Crippen LogP contribution in [0.5, 0.6) is 5.75 Å². The van der Waals surface area contributed by atoms with Crippen LogP contribution in [-0.2, 0) is 0 Å². The van der Waals surface area contributed by atoms with Gasteiger partial charge in [0, 0.05) is 11.8 Å². The maximum Gasteiger partial charge on any atom is 0.347 e. The van der Waals surface area contributed by atoms with Crippen LogP contribution in [-0.4, -0.2) is 27.6 Å². The molecule has 2 aromatic heterocycles. The van der Waals surface area contributed by atoms with E-state index in [0.29, 0.717) is 16.2 Å². The average Bonchev–Trinajstić information content (AvgIpc) is 3.02. The minimum Gasteiger partial charge on any atom is -0.497 e. The molecule has 0 radical (unpaired) electrons. The standard InChI is InChI=1S/C17H14N2O4S/c1-10-13(8-5-11-3-6-12(23-2)7-4-11)18-17-19(15(10)20)9-14(24-17)16(21)22/h3-9H,1-2H3,(H,21,22)/b8-5+. The normalized spacial score (nSPS) is 11.2. The molecule has 1 N–H and O–H groups in total. The van der Waals surface area contributed by atoms with Gasteiger partial charge in [-0.05, 0) is 30.7 Å². The minimum absolute atomic E-state index is 0.0790. The predicted molar refractivity (Wildman–Crippen MR) is 93.0 cm³/mol. The first kappa shape index (κ1) is 15.9. The maximum absolute atomic E-state index is 12.4. The molecule has 0 aliphatic heterocycles. The second-order valence-electron chi connectivity index (χ2n) is 5.09. The van der Waals surface area contributed by atoms with Crippen LogP contribution in [0.3, 0.4) is 0 Å². The number of fused-ring (bicyclic) bond motifs is 1. The molecule has 0 bridgehead atoms. The van der Waals surface area contributed by atoms with Crippen molar-refractivity contribution in [2.45, 2.75) is 6.92 Å². The highest BCUT2D eigenvalue weighted by Crippen LogP contribution is 2.18. The lowest BCUT2D eigenvalue weighted by atomic mass is 10.1. The molecule has 0 amide bonds. The number of carbonyl (C=O) groups is 1. The monoisotopic (exact) mass is 342 g/mol. The van der Waals surface area contributed by atoms with Gasteiger partial charge in [0.1, 0.15) is 10.6 Å². The molecule has 0 saturated carbocycles. The highest BCUT2D eigenvalue weighted by Gasteiger charge is 2.13. The molecule has 0 saturated heterocycles. The molecular formula is C17H14N2O4S. The van der Waals surface area contributed by atoms with Crippen molar-refractivity contribution in [2.24, 2.45) is 0 Å². The van der Waals surface area contributed by atoms with E-state index in [0.717, 1.165) is 22.6 Å². The van der Waals surface area contributed by atoms with E-state index < -0.39 is 5.97 Å². The third-order valence-electron chi connectivity index (χ3n) is 3.55. The molecule has 24 heavy (non-hydrogen) atoms. The van der Waals surface area contributed by atoms with Crippen LogP contribution in [0.15, 0.2) is 35.3 Å². The van der Waals surface area contributed by atoms with Gasteiger partial charge in [0.15, 0.2) is 4.96 Å². The molecule has 0 fully saturated rings. The van der Waals surface area contributed by atoms with Crippen molar-refractivity contribution >= 4 is 34.4 Å². The van der Waals surface area contributed by atoms with Crippen molar-refractivity contribution in [3.8, 4) is 5.75 Å². The number of hydrogen-bond donors (Lipinski definition) is 1. The fraction of sp³-hybridized carbons (Fsp3) is 0.118. The number of methoxy groups -OCH3 is 1. The van der Waals surface area contributed by atoms with Crippen LogP contribution in [0, 0.1) is 6.92 Å². The number of carboxylic acids is 1. The van der Waals surface area contributed by atoms with Crippen molar-refractivity contribution in [3.05, 3.63) is 62.5 Å². The Bertz CT molecular complexity index is 1000. The van der Waals surface area contributed by atoms with Gasteiger partial charge in [-0.25, -0.2) is 9.78 Å². The van der Waals surface area contributed by atoms with Crippen LogP contribution >= 0.6 is 11.3 Å². The largest absolute Gasteiger partial charge is 0.497 e. The fourth-order valence-electron chi connectivity index (χ4n) is 2.20. The summed E-state index contributed by atoms with van der Waals surface area (Å²) < 4.78 is 6.38. The summed E-state index contributed by atoms with van der Waals surface area (Å²) in [5, 5.41) is 9.05. The van der Waals surface area contributed by atoms with Crippen molar-refractivity contribution in [1.82, 2.24) is 9.38 Å². The van der Waals surface area contributed by atoms with Gasteiger partial charge in [0.2, 0.25) is 0 Å². The van der Waals surface area contributed by atoms with Crippen molar-refractivity contribution in [1.29, 1.82) is 0 Å². The number of carboxylic acid groups (broad SMARTS) is 1. The lowest BCUT2D eigenvalue weighted by Crippen LogP contribution is -2.17. The minimum atomic E-state index is -1.07. The third-order valence-corrected chi connectivity index (χ3v) is 4.52. The van der Waals surface area contributed by atoms with Gasteiger partial charge in [-0.15, -0.1) is 0 Å². The summed E-state index contributed by atoms with van der Waals surface area (Å²) in [6.45, 7) is 1.67. The zero-order valence-electron chi connectivity index (χ0n) is 13.0. The summed E-state index contributed by atoms with van der Waals surface area (Å²) in [7, 11) is 1.60. The molecule has 1 aromatic carbocycles. The van der Waals surface area contributed by atoms with Gasteiger partial charge in [-0.3, -0.25) is 9.20 Å². The number of thiazole rings is 1. The molecule has 3 rings (SSSR count). The van der Waals surface area contributed by atoms with Gasteiger partial charge < -0.3 is 9.84 Å². The predicted octanol–water partition coefficient (Wildman–Crippen LogP) is 2.94. The third kappa shape index (κ3) is 2.93. The zero-order chi connectivity index (χ0) is 17.3. The molecule has 0 unspecified atom stereocenters. The van der Waals surface area contributed by atoms with Crippen molar-refractivity contribution in [3.63, 3.8) is 0 Å². The Balaban J connectivity index is 2.02. The van der Waals surface area contributed by atoms with Gasteiger partial charge in [-0.1, -0.05) is 29.5 Å². The van der Waals surface area contributed by atoms with Gasteiger partial charge in [0.25, 0.3) is 5.56 Å². The van der Waals surface area contributed by atoms with Gasteiger partial charge >= 0.3 is 5.97 Å². The van der Waals surface area contributed by atoms with Gasteiger partial charge in [-0.2, -0.15) is 0 Å². The summed E-state index contributed by atoms with van der Waals surface area (Å²) in [5.74, 6) is -0.307. The van der Waals surface area contributed by atoms with E-state index in [1.807, 2.05) is 30.3 Å². The molecule has 122 valence electrons. The summed E-state index contributed by atoms with van der Waals surface area (Å²) in [4.78, 5) is 28.3. The fourth-order valence-corrected chi connectivity index (χ4v) is 3.02. The van der Waals surface area contributed by atoms with E-state index in [-0.39, 0.29) is 10.4 Å². The Kier molecular flexibility index (Phi) is 4.18. The Hall–Kier alpha value is -2.93. The van der Waals surface area contributed by atoms with E-state index in [2.05, 4.69) is 4.98 Å². The van der Waals surface area contributed by atoms with E-state index >= 15 is 0 Å². The lowest BCUT2D eigenvalue weighted by molar-refractivity contribution is 0.0701. The Morgan fingerprint density at radius 2 is 2.00 bits per heavy atom. The Morgan fingerprint density at radius 3 is 2.62 bits per heavy atom. The first-order valence-corrected chi connectivity index (χ1v) is 7.89. The second kappa shape index (κ2) is 6.29. The van der Waals surface area contributed by atoms with E-state index in [1.54, 1.807) is 20.1 Å². The van der Waals surface area contributed by atoms with Crippen LogP contribution < -0.4 is 10.3 Å². The average molecular weight is 342 g/mol. The first-order valence-electron chi connectivity index (χ1n) is 7.08. The summed E-state index contributed by atoms with van der Waals surface area (Å²) in [6, 6.07) is 7.47. The Morgan fingerprint density at radius 1 is 1.29 bits per heavy atom. The molecule has 2 heterocycles. The van der Waals surface area contributed by atoms with E-state index in [9.17, 15) is 9.59 Å². The van der Waals surface area contributed by atoms with Gasteiger partial charge in [0.05, 0.1) is 12.8 Å². The van der Waals surface area contributed by atoms with Crippen LogP contribution in [0.2, 0.25) is 0 Å². The second-order valence-corrected chi connectivity index (χ2v) is 6.10. The zero-order valence-corrected chi connectivity index (χ0v) is 13.8. The molecule has 7 heteroatoms. The highest BCUT2D eigenvalue weighted by molar-refractivity contribution is 7.18. The Labute approximate surface area is 141 Å². The number of benzene rings is 1. The summed E-state index contributed by atoms with van der Waals surface area (Å²) >= 11 is 0.971. The van der Waals surface area contributed by atoms with E-state index in [1.165, 1.54) is 10.6 Å². The molecule has 3 aromatic rings. The van der Waals surface area contributed by atoms with E-state index in [4.69, 9.17) is 9.84 Å². The molecule has 0 aliphatic rings. The quantitative estimate of drug-likeness (QED) is 0.788. The summed E-state index contributed by atoms with van der Waals surface area (Å²) in [5.41, 5.74) is 1.66. The SMILES string of the molecule is COc1ccc(/C=C/c2nc3sc(C(=O)O)cn3c(=O)c2C)cc1. The molecule has 6 nitrogen and oxygen atoms in total. The van der Waals surface area contributed by atoms with Crippen LogP contribution in [0.1, 0.15) is 26.5 Å². The maximum atomic E-state index is 12.4. The van der Waals surface area contributed by atoms with Crippen molar-refractivity contribution < 1.29 is 14.6 Å². The smallest absolute Gasteiger partial charge is 0.347 e. The molecular weight excluding hydrogens is 328 g/mol. The number of aromatic nitrogens is 2. The lowest BCUT2D eigenvalue weighted by Gasteiger charge is -2.01. The van der Waals surface area contributed by atoms with Crippen LogP contribution in [0.4, 0.5) is 0 Å². The molecule has 0 aliphatic carbocycles. The number of ether oxygens (including phenoxy) is 1. The number of rotatable bonds is 4. The van der Waals surface area contributed by atoms with Crippen LogP contribution in [0.25, 0.3) is 17.1 Å². The summed E-state index contributed by atoms with van der Waals surface area (Å²) in [6.07, 6.45) is 4.90. The molecule has 0 atom stereocenters. The highest BCUT2D eigenvalue weighted by atomic mass is 32.1. The number of nitrogens with zero attached hydrogens (tertiary/aromatic N) is 2. The first-order chi connectivity index (χ1) is 11.5. The number of aromatic carboxylic acids is 1.